The first-order valence-corrected chi connectivity index (χ1v) is 5.38. The maximum Gasteiger partial charge on any atom is 0.231 e. The van der Waals surface area contributed by atoms with E-state index in [9.17, 15) is 0 Å². The van der Waals surface area contributed by atoms with Crippen molar-refractivity contribution >= 4 is 0 Å². The van der Waals surface area contributed by atoms with Crippen LogP contribution in [0.15, 0.2) is 18.2 Å². The van der Waals surface area contributed by atoms with E-state index < -0.39 is 0 Å². The van der Waals surface area contributed by atoms with Crippen LogP contribution in [-0.4, -0.2) is 34.1 Å². The predicted octanol–water partition coefficient (Wildman–Crippen LogP) is 1.36. The van der Waals surface area contributed by atoms with Gasteiger partial charge in [0.25, 0.3) is 0 Å². The normalized spacial score (nSPS) is 15.1. The van der Waals surface area contributed by atoms with E-state index in [1.807, 2.05) is 19.2 Å². The molecule has 1 N–H and O–H groups in total. The first kappa shape index (κ1) is 11.2. The van der Waals surface area contributed by atoms with Gasteiger partial charge in [0, 0.05) is 19.6 Å². The van der Waals surface area contributed by atoms with Crippen LogP contribution in [0.2, 0.25) is 0 Å². The SMILES string of the molecule is CNCC(COC)c1ccc2c(c1)OCO2. The number of hydrogen-bond acceptors (Lipinski definition) is 4. The maximum atomic E-state index is 5.36. The number of benzene rings is 1. The smallest absolute Gasteiger partial charge is 0.231 e. The predicted molar refractivity (Wildman–Crippen MR) is 61.1 cm³/mol. The molecule has 1 unspecified atom stereocenters. The molecular weight excluding hydrogens is 206 g/mol. The quantitative estimate of drug-likeness (QED) is 0.818. The van der Waals surface area contributed by atoms with Crippen molar-refractivity contribution < 1.29 is 14.2 Å². The van der Waals surface area contributed by atoms with Crippen molar-refractivity contribution in [3.05, 3.63) is 23.8 Å². The molecule has 0 amide bonds. The molecule has 16 heavy (non-hydrogen) atoms. The molecule has 0 aliphatic carbocycles. The molecule has 1 aromatic carbocycles. The highest BCUT2D eigenvalue weighted by atomic mass is 16.7. The Balaban J connectivity index is 2.17. The summed E-state index contributed by atoms with van der Waals surface area (Å²) in [6.07, 6.45) is 0. The van der Waals surface area contributed by atoms with Crippen molar-refractivity contribution in [1.82, 2.24) is 5.32 Å². The van der Waals surface area contributed by atoms with Crippen LogP contribution in [0.3, 0.4) is 0 Å². The number of fused-ring (bicyclic) bond motifs is 1. The zero-order chi connectivity index (χ0) is 11.4. The van der Waals surface area contributed by atoms with Crippen LogP contribution in [-0.2, 0) is 4.74 Å². The Morgan fingerprint density at radius 2 is 2.19 bits per heavy atom. The van der Waals surface area contributed by atoms with Gasteiger partial charge < -0.3 is 19.5 Å². The number of nitrogens with one attached hydrogen (secondary N) is 1. The van der Waals surface area contributed by atoms with Gasteiger partial charge in [0.2, 0.25) is 6.79 Å². The minimum atomic E-state index is 0.319. The second-order valence-electron chi connectivity index (χ2n) is 3.82. The lowest BCUT2D eigenvalue weighted by atomic mass is 9.99. The molecule has 88 valence electrons. The molecule has 0 aromatic heterocycles. The molecule has 1 atom stereocenters. The summed E-state index contributed by atoms with van der Waals surface area (Å²) in [4.78, 5) is 0. The Labute approximate surface area is 95.5 Å². The average molecular weight is 223 g/mol. The van der Waals surface area contributed by atoms with Crippen LogP contribution in [0, 0.1) is 0 Å². The van der Waals surface area contributed by atoms with Gasteiger partial charge >= 0.3 is 0 Å². The lowest BCUT2D eigenvalue weighted by molar-refractivity contribution is 0.173. The van der Waals surface area contributed by atoms with E-state index in [0.717, 1.165) is 18.0 Å². The van der Waals surface area contributed by atoms with Crippen LogP contribution in [0.1, 0.15) is 11.5 Å². The Morgan fingerprint density at radius 3 is 2.94 bits per heavy atom. The largest absolute Gasteiger partial charge is 0.454 e. The fourth-order valence-corrected chi connectivity index (χ4v) is 1.89. The molecule has 0 saturated carbocycles. The van der Waals surface area contributed by atoms with Crippen LogP contribution in [0.5, 0.6) is 11.5 Å². The molecular formula is C12H17NO3. The third-order valence-electron chi connectivity index (χ3n) is 2.69. The molecule has 0 bridgehead atoms. The Morgan fingerprint density at radius 1 is 1.38 bits per heavy atom. The van der Waals surface area contributed by atoms with E-state index in [2.05, 4.69) is 11.4 Å². The van der Waals surface area contributed by atoms with E-state index >= 15 is 0 Å². The molecule has 0 fully saturated rings. The number of ether oxygens (including phenoxy) is 3. The summed E-state index contributed by atoms with van der Waals surface area (Å²) in [5, 5.41) is 3.17. The van der Waals surface area contributed by atoms with Crippen LogP contribution < -0.4 is 14.8 Å². The summed E-state index contributed by atoms with van der Waals surface area (Å²) in [6, 6.07) is 6.05. The van der Waals surface area contributed by atoms with Gasteiger partial charge in [0.05, 0.1) is 6.61 Å². The summed E-state index contributed by atoms with van der Waals surface area (Å²) >= 11 is 0. The molecule has 0 spiro atoms. The van der Waals surface area contributed by atoms with Crippen LogP contribution >= 0.6 is 0 Å². The van der Waals surface area contributed by atoms with Gasteiger partial charge in [-0.3, -0.25) is 0 Å². The Kier molecular flexibility index (Phi) is 3.64. The highest BCUT2D eigenvalue weighted by Gasteiger charge is 2.17. The van der Waals surface area contributed by atoms with E-state index in [1.165, 1.54) is 5.56 Å². The third-order valence-corrected chi connectivity index (χ3v) is 2.69. The molecule has 1 aliphatic rings. The first-order chi connectivity index (χ1) is 7.85. The van der Waals surface area contributed by atoms with Gasteiger partial charge in [-0.05, 0) is 24.7 Å². The van der Waals surface area contributed by atoms with Crippen molar-refractivity contribution in [3.8, 4) is 11.5 Å². The van der Waals surface area contributed by atoms with E-state index in [-0.39, 0.29) is 0 Å². The lowest BCUT2D eigenvalue weighted by Crippen LogP contribution is -2.20. The molecule has 4 nitrogen and oxygen atoms in total. The zero-order valence-corrected chi connectivity index (χ0v) is 9.66. The van der Waals surface area contributed by atoms with E-state index in [0.29, 0.717) is 19.3 Å². The van der Waals surface area contributed by atoms with E-state index in [4.69, 9.17) is 14.2 Å². The van der Waals surface area contributed by atoms with Gasteiger partial charge in [-0.15, -0.1) is 0 Å². The molecule has 4 heteroatoms. The van der Waals surface area contributed by atoms with Crippen molar-refractivity contribution in [2.24, 2.45) is 0 Å². The van der Waals surface area contributed by atoms with Gasteiger partial charge in [-0.2, -0.15) is 0 Å². The number of hydrogen-bond donors (Lipinski definition) is 1. The molecule has 0 saturated heterocycles. The topological polar surface area (TPSA) is 39.7 Å². The summed E-state index contributed by atoms with van der Waals surface area (Å²) in [6.45, 7) is 1.90. The number of likely N-dealkylation sites (N-methyl/N-ethyl adjacent to an activating group) is 1. The van der Waals surface area contributed by atoms with E-state index in [1.54, 1.807) is 7.11 Å². The van der Waals surface area contributed by atoms with Crippen molar-refractivity contribution in [1.29, 1.82) is 0 Å². The minimum Gasteiger partial charge on any atom is -0.454 e. The lowest BCUT2D eigenvalue weighted by Gasteiger charge is -2.16. The van der Waals surface area contributed by atoms with Crippen LogP contribution in [0.4, 0.5) is 0 Å². The van der Waals surface area contributed by atoms with Gasteiger partial charge in [-0.25, -0.2) is 0 Å². The second kappa shape index (κ2) is 5.18. The van der Waals surface area contributed by atoms with Crippen molar-refractivity contribution in [3.63, 3.8) is 0 Å². The summed E-state index contributed by atoms with van der Waals surface area (Å²) < 4.78 is 15.9. The van der Waals surface area contributed by atoms with Crippen molar-refractivity contribution in [2.75, 3.05) is 34.1 Å². The fraction of sp³-hybridized carbons (Fsp3) is 0.500. The Hall–Kier alpha value is -1.26. The highest BCUT2D eigenvalue weighted by Crippen LogP contribution is 2.34. The molecule has 1 aromatic rings. The monoisotopic (exact) mass is 223 g/mol. The summed E-state index contributed by atoms with van der Waals surface area (Å²) in [7, 11) is 3.66. The third kappa shape index (κ3) is 2.28. The van der Waals surface area contributed by atoms with Gasteiger partial charge in [0.15, 0.2) is 11.5 Å². The average Bonchev–Trinajstić information content (AvgIpc) is 2.75. The van der Waals surface area contributed by atoms with Crippen molar-refractivity contribution in [2.45, 2.75) is 5.92 Å². The van der Waals surface area contributed by atoms with Crippen LogP contribution in [0.25, 0.3) is 0 Å². The maximum absolute atomic E-state index is 5.36. The number of methoxy groups -OCH3 is 1. The summed E-state index contributed by atoms with van der Waals surface area (Å²) in [5.74, 6) is 1.99. The molecule has 1 aliphatic heterocycles. The molecule has 0 radical (unpaired) electrons. The van der Waals surface area contributed by atoms with Gasteiger partial charge in [-0.1, -0.05) is 6.07 Å². The van der Waals surface area contributed by atoms with Gasteiger partial charge in [0.1, 0.15) is 0 Å². The second-order valence-corrected chi connectivity index (χ2v) is 3.82. The molecule has 2 rings (SSSR count). The highest BCUT2D eigenvalue weighted by molar-refractivity contribution is 5.45. The standard InChI is InChI=1S/C12H17NO3/c1-13-6-10(7-14-2)9-3-4-11-12(5-9)16-8-15-11/h3-5,10,13H,6-8H2,1-2H3. The summed E-state index contributed by atoms with van der Waals surface area (Å²) in [5.41, 5.74) is 1.21. The fourth-order valence-electron chi connectivity index (χ4n) is 1.89. The zero-order valence-electron chi connectivity index (χ0n) is 9.66. The number of rotatable bonds is 5. The first-order valence-electron chi connectivity index (χ1n) is 5.38. The molecule has 1 heterocycles. The Bertz CT molecular complexity index is 348. The minimum absolute atomic E-state index is 0.319.